The van der Waals surface area contributed by atoms with Crippen LogP contribution in [0.4, 0.5) is 5.69 Å². The van der Waals surface area contributed by atoms with Crippen LogP contribution in [0, 0.1) is 16.0 Å². The van der Waals surface area contributed by atoms with Crippen molar-refractivity contribution in [3.05, 3.63) is 38.9 Å². The van der Waals surface area contributed by atoms with Gasteiger partial charge in [0, 0.05) is 24.7 Å². The van der Waals surface area contributed by atoms with Crippen LogP contribution in [-0.4, -0.2) is 41.9 Å². The van der Waals surface area contributed by atoms with Crippen LogP contribution in [0.15, 0.2) is 18.2 Å². The van der Waals surface area contributed by atoms with E-state index in [1.165, 1.54) is 12.1 Å². The topological polar surface area (TPSA) is 113 Å². The lowest BCUT2D eigenvalue weighted by Gasteiger charge is -2.28. The van der Waals surface area contributed by atoms with Gasteiger partial charge in [0.25, 0.3) is 11.6 Å². The van der Waals surface area contributed by atoms with E-state index < -0.39 is 16.9 Å². The van der Waals surface area contributed by atoms with Gasteiger partial charge in [0.2, 0.25) is 5.91 Å². The first-order chi connectivity index (χ1) is 12.3. The molecule has 0 spiro atoms. The zero-order valence-corrected chi connectivity index (χ0v) is 16.7. The number of hydrogen-bond acceptors (Lipinski definition) is 5. The number of nitro benzene ring substituents is 1. The van der Waals surface area contributed by atoms with E-state index in [0.717, 1.165) is 25.5 Å². The summed E-state index contributed by atoms with van der Waals surface area (Å²) in [6, 6.07) is 2.93. The maximum Gasteiger partial charge on any atom is 0.270 e. The molecule has 1 aromatic carbocycles. The Labute approximate surface area is 169 Å². The van der Waals surface area contributed by atoms with Gasteiger partial charge in [-0.2, -0.15) is 0 Å². The van der Waals surface area contributed by atoms with Crippen LogP contribution in [0.25, 0.3) is 0 Å². The predicted octanol–water partition coefficient (Wildman–Crippen LogP) is 2.29. The summed E-state index contributed by atoms with van der Waals surface area (Å²) in [7, 11) is 0. The minimum atomic E-state index is -0.726. The van der Waals surface area contributed by atoms with Crippen molar-refractivity contribution >= 4 is 41.5 Å². The molecule has 0 bridgehead atoms. The zero-order chi connectivity index (χ0) is 19.3. The van der Waals surface area contributed by atoms with E-state index >= 15 is 0 Å². The maximum atomic E-state index is 12.6. The van der Waals surface area contributed by atoms with E-state index in [2.05, 4.69) is 16.0 Å². The third-order valence-electron chi connectivity index (χ3n) is 4.29. The molecule has 150 valence electrons. The van der Waals surface area contributed by atoms with Crippen LogP contribution >= 0.6 is 24.0 Å². The predicted molar refractivity (Wildman–Crippen MR) is 105 cm³/mol. The van der Waals surface area contributed by atoms with E-state index in [0.29, 0.717) is 6.54 Å². The van der Waals surface area contributed by atoms with Gasteiger partial charge in [0.15, 0.2) is 0 Å². The van der Waals surface area contributed by atoms with Gasteiger partial charge in [-0.05, 0) is 31.4 Å². The molecule has 8 nitrogen and oxygen atoms in total. The largest absolute Gasteiger partial charge is 0.350 e. The Kier molecular flexibility index (Phi) is 8.95. The molecule has 2 amide bonds. The molecule has 2 unspecified atom stereocenters. The first kappa shape index (κ1) is 23.1. The molecule has 10 heteroatoms. The molecule has 1 saturated heterocycles. The fourth-order valence-corrected chi connectivity index (χ4v) is 3.08. The first-order valence-corrected chi connectivity index (χ1v) is 8.93. The molecule has 2 rings (SSSR count). The Morgan fingerprint density at radius 3 is 2.59 bits per heavy atom. The van der Waals surface area contributed by atoms with Gasteiger partial charge < -0.3 is 16.0 Å². The summed E-state index contributed by atoms with van der Waals surface area (Å²) in [5.41, 5.74) is -0.107. The Bertz CT molecular complexity index is 694. The van der Waals surface area contributed by atoms with E-state index in [1.807, 2.05) is 13.8 Å². The van der Waals surface area contributed by atoms with Crippen LogP contribution in [0.3, 0.4) is 0 Å². The number of nitro groups is 1. The SMILES string of the molecule is CC(C)C(NC(=O)c1ccc([N+](=O)[O-])cc1Cl)C(=O)NC1CCCNC1.Cl. The van der Waals surface area contributed by atoms with Gasteiger partial charge in [-0.15, -0.1) is 12.4 Å². The van der Waals surface area contributed by atoms with Gasteiger partial charge in [-0.3, -0.25) is 19.7 Å². The number of amides is 2. The van der Waals surface area contributed by atoms with E-state index in [4.69, 9.17) is 11.6 Å². The fourth-order valence-electron chi connectivity index (χ4n) is 2.82. The lowest BCUT2D eigenvalue weighted by Crippen LogP contribution is -2.54. The minimum absolute atomic E-state index is 0. The number of nitrogens with one attached hydrogen (secondary N) is 3. The molecule has 1 fully saturated rings. The molecule has 2 atom stereocenters. The average molecular weight is 419 g/mol. The van der Waals surface area contributed by atoms with Crippen LogP contribution in [0.5, 0.6) is 0 Å². The molecule has 0 radical (unpaired) electrons. The summed E-state index contributed by atoms with van der Waals surface area (Å²) < 4.78 is 0. The second kappa shape index (κ2) is 10.4. The van der Waals surface area contributed by atoms with Crippen molar-refractivity contribution in [2.24, 2.45) is 5.92 Å². The van der Waals surface area contributed by atoms with Gasteiger partial charge in [-0.1, -0.05) is 25.4 Å². The van der Waals surface area contributed by atoms with E-state index in [9.17, 15) is 19.7 Å². The lowest BCUT2D eigenvalue weighted by molar-refractivity contribution is -0.384. The van der Waals surface area contributed by atoms with Crippen LogP contribution in [-0.2, 0) is 4.79 Å². The normalized spacial score (nSPS) is 17.6. The summed E-state index contributed by atoms with van der Waals surface area (Å²) in [5, 5.41) is 19.6. The second-order valence-corrected chi connectivity index (χ2v) is 7.08. The average Bonchev–Trinajstić information content (AvgIpc) is 2.59. The number of carbonyl (C=O) groups excluding carboxylic acids is 2. The Morgan fingerprint density at radius 1 is 1.37 bits per heavy atom. The summed E-state index contributed by atoms with van der Waals surface area (Å²) in [5.74, 6) is -0.923. The van der Waals surface area contributed by atoms with Crippen LogP contribution in [0.2, 0.25) is 5.02 Å². The zero-order valence-electron chi connectivity index (χ0n) is 15.2. The molecule has 0 saturated carbocycles. The Balaban J connectivity index is 0.00000364. The third kappa shape index (κ3) is 6.34. The number of piperidine rings is 1. The number of nitrogens with zero attached hydrogens (tertiary/aromatic N) is 1. The van der Waals surface area contributed by atoms with Gasteiger partial charge in [-0.25, -0.2) is 0 Å². The maximum absolute atomic E-state index is 12.6. The Morgan fingerprint density at radius 2 is 2.07 bits per heavy atom. The number of benzene rings is 1. The van der Waals surface area contributed by atoms with Crippen molar-refractivity contribution < 1.29 is 14.5 Å². The molecular weight excluding hydrogens is 395 g/mol. The Hall–Kier alpha value is -1.90. The van der Waals surface area contributed by atoms with Crippen molar-refractivity contribution in [2.75, 3.05) is 13.1 Å². The number of halogens is 2. The summed E-state index contributed by atoms with van der Waals surface area (Å²) in [4.78, 5) is 35.3. The van der Waals surface area contributed by atoms with Gasteiger partial charge in [0.1, 0.15) is 6.04 Å². The highest BCUT2D eigenvalue weighted by Gasteiger charge is 2.28. The second-order valence-electron chi connectivity index (χ2n) is 6.67. The number of rotatable bonds is 6. The monoisotopic (exact) mass is 418 g/mol. The third-order valence-corrected chi connectivity index (χ3v) is 4.60. The number of carbonyl (C=O) groups is 2. The number of hydrogen-bond donors (Lipinski definition) is 3. The summed E-state index contributed by atoms with van der Waals surface area (Å²) >= 11 is 5.99. The first-order valence-electron chi connectivity index (χ1n) is 8.55. The van der Waals surface area contributed by atoms with Crippen molar-refractivity contribution in [2.45, 2.75) is 38.8 Å². The summed E-state index contributed by atoms with van der Waals surface area (Å²) in [6.07, 6.45) is 1.88. The highest BCUT2D eigenvalue weighted by Crippen LogP contribution is 2.22. The lowest BCUT2D eigenvalue weighted by atomic mass is 10.0. The van der Waals surface area contributed by atoms with Crippen molar-refractivity contribution in [3.8, 4) is 0 Å². The highest BCUT2D eigenvalue weighted by molar-refractivity contribution is 6.34. The molecule has 27 heavy (non-hydrogen) atoms. The smallest absolute Gasteiger partial charge is 0.270 e. The molecule has 1 heterocycles. The number of non-ortho nitro benzene ring substituents is 1. The van der Waals surface area contributed by atoms with Crippen LogP contribution in [0.1, 0.15) is 37.0 Å². The summed E-state index contributed by atoms with van der Waals surface area (Å²) in [6.45, 7) is 5.32. The van der Waals surface area contributed by atoms with Crippen molar-refractivity contribution in [3.63, 3.8) is 0 Å². The van der Waals surface area contributed by atoms with Gasteiger partial charge in [0.05, 0.1) is 15.5 Å². The van der Waals surface area contributed by atoms with Crippen LogP contribution < -0.4 is 16.0 Å². The molecule has 3 N–H and O–H groups in total. The van der Waals surface area contributed by atoms with Gasteiger partial charge >= 0.3 is 0 Å². The molecular formula is C17H24Cl2N4O4. The van der Waals surface area contributed by atoms with E-state index in [-0.39, 0.29) is 46.5 Å². The molecule has 0 aromatic heterocycles. The quantitative estimate of drug-likeness (QED) is 0.484. The van der Waals surface area contributed by atoms with Crippen molar-refractivity contribution in [1.82, 2.24) is 16.0 Å². The fraction of sp³-hybridized carbons (Fsp3) is 0.529. The standard InChI is InChI=1S/C17H23ClN4O4.ClH/c1-10(2)15(17(24)20-11-4-3-7-19-9-11)21-16(23)13-6-5-12(22(25)26)8-14(13)18;/h5-6,8,10-11,15,19H,3-4,7,9H2,1-2H3,(H,20,24)(H,21,23);1H. The minimum Gasteiger partial charge on any atom is -0.350 e. The van der Waals surface area contributed by atoms with Crippen molar-refractivity contribution in [1.29, 1.82) is 0 Å². The molecule has 1 aliphatic rings. The molecule has 0 aliphatic carbocycles. The molecule has 1 aromatic rings. The molecule has 1 aliphatic heterocycles. The highest BCUT2D eigenvalue weighted by atomic mass is 35.5. The van der Waals surface area contributed by atoms with E-state index in [1.54, 1.807) is 0 Å².